The molecule has 0 saturated heterocycles. The van der Waals surface area contributed by atoms with Gasteiger partial charge >= 0.3 is 5.97 Å². The number of esters is 1. The van der Waals surface area contributed by atoms with Gasteiger partial charge in [-0.2, -0.15) is 0 Å². The molecule has 1 aliphatic rings. The van der Waals surface area contributed by atoms with Crippen LogP contribution in [0.4, 0.5) is 0 Å². The molecule has 2 aromatic carbocycles. The summed E-state index contributed by atoms with van der Waals surface area (Å²) in [5.74, 6) is -0.268. The van der Waals surface area contributed by atoms with E-state index < -0.39 is 0 Å². The Morgan fingerprint density at radius 3 is 2.50 bits per heavy atom. The van der Waals surface area contributed by atoms with E-state index in [4.69, 9.17) is 4.74 Å². The third-order valence-electron chi connectivity index (χ3n) is 5.08. The highest BCUT2D eigenvalue weighted by atomic mass is 16.5. The van der Waals surface area contributed by atoms with E-state index in [1.807, 2.05) is 19.3 Å². The molecule has 24 heavy (non-hydrogen) atoms. The minimum atomic E-state index is -0.268. The number of hydrogen-bond acceptors (Lipinski definition) is 2. The van der Waals surface area contributed by atoms with Gasteiger partial charge in [-0.25, -0.2) is 4.79 Å². The number of carbonyl (C=O) groups excluding carboxylic acids is 1. The van der Waals surface area contributed by atoms with Crippen molar-refractivity contribution in [3.63, 3.8) is 0 Å². The van der Waals surface area contributed by atoms with Crippen LogP contribution in [0.5, 0.6) is 0 Å². The highest BCUT2D eigenvalue weighted by Crippen LogP contribution is 2.38. The molecule has 0 saturated carbocycles. The molecule has 1 heterocycles. The van der Waals surface area contributed by atoms with Crippen molar-refractivity contribution in [2.75, 3.05) is 7.11 Å². The summed E-state index contributed by atoms with van der Waals surface area (Å²) in [6.07, 6.45) is 6.52. The van der Waals surface area contributed by atoms with Crippen LogP contribution in [0.25, 0.3) is 22.0 Å². The van der Waals surface area contributed by atoms with Crippen LogP contribution < -0.4 is 0 Å². The zero-order chi connectivity index (χ0) is 16.7. The Balaban J connectivity index is 2.08. The highest BCUT2D eigenvalue weighted by Gasteiger charge is 2.23. The van der Waals surface area contributed by atoms with E-state index in [0.717, 1.165) is 18.2 Å². The average Bonchev–Trinajstić information content (AvgIpc) is 2.98. The standard InChI is InChI=1S/C21H21NO2/c1-22-13-19(21(23)24-2)18-12-17(14-8-4-3-5-9-14)15-10-6-7-11-16(15)20(18)22/h3-5,8-9,12-13H,6-7,10-11H2,1-2H3. The van der Waals surface area contributed by atoms with Crippen molar-refractivity contribution in [1.29, 1.82) is 0 Å². The van der Waals surface area contributed by atoms with Crippen LogP contribution in [0.1, 0.15) is 34.3 Å². The SMILES string of the molecule is COC(=O)c1cn(C)c2c3c(c(-c4ccccc4)cc12)CCCC3. The molecule has 0 bridgehead atoms. The first-order valence-electron chi connectivity index (χ1n) is 8.48. The molecule has 0 radical (unpaired) electrons. The Bertz CT molecular complexity index is 922. The molecule has 0 spiro atoms. The average molecular weight is 319 g/mol. The number of nitrogens with zero attached hydrogens (tertiary/aromatic N) is 1. The molecule has 0 fully saturated rings. The number of aromatic nitrogens is 1. The first-order valence-corrected chi connectivity index (χ1v) is 8.48. The fraction of sp³-hybridized carbons (Fsp3) is 0.286. The normalized spacial score (nSPS) is 13.8. The smallest absolute Gasteiger partial charge is 0.340 e. The minimum absolute atomic E-state index is 0.268. The second kappa shape index (κ2) is 5.82. The molecule has 4 rings (SSSR count). The summed E-state index contributed by atoms with van der Waals surface area (Å²) in [6.45, 7) is 0. The van der Waals surface area contributed by atoms with Gasteiger partial charge in [-0.1, -0.05) is 30.3 Å². The lowest BCUT2D eigenvalue weighted by atomic mass is 9.84. The van der Waals surface area contributed by atoms with Gasteiger partial charge in [0.1, 0.15) is 0 Å². The van der Waals surface area contributed by atoms with Crippen LogP contribution in [-0.4, -0.2) is 17.6 Å². The van der Waals surface area contributed by atoms with Crippen molar-refractivity contribution in [1.82, 2.24) is 4.57 Å². The lowest BCUT2D eigenvalue weighted by Gasteiger charge is -2.22. The first-order chi connectivity index (χ1) is 11.7. The van der Waals surface area contributed by atoms with Crippen molar-refractivity contribution >= 4 is 16.9 Å². The maximum atomic E-state index is 12.2. The first kappa shape index (κ1) is 15.0. The van der Waals surface area contributed by atoms with Crippen LogP contribution in [0.3, 0.4) is 0 Å². The summed E-state index contributed by atoms with van der Waals surface area (Å²) in [5.41, 5.74) is 7.16. The predicted octanol–water partition coefficient (Wildman–Crippen LogP) is 4.51. The number of benzene rings is 2. The number of methoxy groups -OCH3 is 1. The van der Waals surface area contributed by atoms with Gasteiger partial charge in [0, 0.05) is 18.6 Å². The summed E-state index contributed by atoms with van der Waals surface area (Å²) < 4.78 is 7.08. The number of aryl methyl sites for hydroxylation is 2. The van der Waals surface area contributed by atoms with Gasteiger partial charge in [-0.3, -0.25) is 0 Å². The Labute approximate surface area is 141 Å². The van der Waals surface area contributed by atoms with Gasteiger partial charge in [0.05, 0.1) is 18.2 Å². The number of ether oxygens (including phenoxy) is 1. The summed E-state index contributed by atoms with van der Waals surface area (Å²) in [4.78, 5) is 12.2. The molecule has 0 N–H and O–H groups in total. The van der Waals surface area contributed by atoms with Gasteiger partial charge in [-0.15, -0.1) is 0 Å². The van der Waals surface area contributed by atoms with E-state index in [1.54, 1.807) is 0 Å². The molecular formula is C21H21NO2. The van der Waals surface area contributed by atoms with Crippen molar-refractivity contribution in [3.05, 3.63) is 59.3 Å². The van der Waals surface area contributed by atoms with Crippen molar-refractivity contribution in [3.8, 4) is 11.1 Å². The predicted molar refractivity (Wildman–Crippen MR) is 96.3 cm³/mol. The Kier molecular flexibility index (Phi) is 3.64. The zero-order valence-electron chi connectivity index (χ0n) is 14.1. The third kappa shape index (κ3) is 2.23. The molecule has 0 unspecified atom stereocenters. The molecule has 0 aliphatic heterocycles. The van der Waals surface area contributed by atoms with Crippen molar-refractivity contribution in [2.24, 2.45) is 7.05 Å². The number of rotatable bonds is 2. The van der Waals surface area contributed by atoms with Crippen LogP contribution in [0.15, 0.2) is 42.6 Å². The second-order valence-corrected chi connectivity index (χ2v) is 6.50. The zero-order valence-corrected chi connectivity index (χ0v) is 14.1. The van der Waals surface area contributed by atoms with E-state index >= 15 is 0 Å². The number of hydrogen-bond donors (Lipinski definition) is 0. The third-order valence-corrected chi connectivity index (χ3v) is 5.08. The Morgan fingerprint density at radius 2 is 1.79 bits per heavy atom. The number of carbonyl (C=O) groups is 1. The lowest BCUT2D eigenvalue weighted by molar-refractivity contribution is 0.0603. The van der Waals surface area contributed by atoms with Gasteiger partial charge < -0.3 is 9.30 Å². The fourth-order valence-electron chi connectivity index (χ4n) is 4.01. The van der Waals surface area contributed by atoms with E-state index in [-0.39, 0.29) is 5.97 Å². The van der Waals surface area contributed by atoms with E-state index in [1.165, 1.54) is 47.7 Å². The van der Waals surface area contributed by atoms with Gasteiger partial charge in [0.25, 0.3) is 0 Å². The minimum Gasteiger partial charge on any atom is -0.465 e. The van der Waals surface area contributed by atoms with E-state index in [0.29, 0.717) is 5.56 Å². The van der Waals surface area contributed by atoms with Crippen molar-refractivity contribution < 1.29 is 9.53 Å². The lowest BCUT2D eigenvalue weighted by Crippen LogP contribution is -2.07. The monoisotopic (exact) mass is 319 g/mol. The topological polar surface area (TPSA) is 31.2 Å². The van der Waals surface area contributed by atoms with Crippen LogP contribution in [0, 0.1) is 0 Å². The Morgan fingerprint density at radius 1 is 1.08 bits per heavy atom. The molecular weight excluding hydrogens is 298 g/mol. The van der Waals surface area contributed by atoms with Gasteiger partial charge in [-0.05, 0) is 54.0 Å². The second-order valence-electron chi connectivity index (χ2n) is 6.50. The molecule has 3 nitrogen and oxygen atoms in total. The van der Waals surface area contributed by atoms with Crippen LogP contribution in [-0.2, 0) is 24.6 Å². The maximum Gasteiger partial charge on any atom is 0.340 e. The molecule has 0 amide bonds. The molecule has 1 aromatic heterocycles. The molecule has 1 aliphatic carbocycles. The molecule has 0 atom stereocenters. The summed E-state index contributed by atoms with van der Waals surface area (Å²) in [7, 11) is 3.46. The van der Waals surface area contributed by atoms with E-state index in [9.17, 15) is 4.79 Å². The van der Waals surface area contributed by atoms with Gasteiger partial charge in [0.2, 0.25) is 0 Å². The summed E-state index contributed by atoms with van der Waals surface area (Å²) in [6, 6.07) is 12.7. The quantitative estimate of drug-likeness (QED) is 0.651. The summed E-state index contributed by atoms with van der Waals surface area (Å²) >= 11 is 0. The highest BCUT2D eigenvalue weighted by molar-refractivity contribution is 6.07. The molecule has 3 aromatic rings. The van der Waals surface area contributed by atoms with Gasteiger partial charge in [0.15, 0.2) is 0 Å². The largest absolute Gasteiger partial charge is 0.465 e. The van der Waals surface area contributed by atoms with Crippen LogP contribution >= 0.6 is 0 Å². The molecule has 122 valence electrons. The number of fused-ring (bicyclic) bond motifs is 3. The summed E-state index contributed by atoms with van der Waals surface area (Å²) in [5, 5.41) is 1.00. The Hall–Kier alpha value is -2.55. The van der Waals surface area contributed by atoms with Crippen LogP contribution in [0.2, 0.25) is 0 Å². The maximum absolute atomic E-state index is 12.2. The fourth-order valence-corrected chi connectivity index (χ4v) is 4.01. The van der Waals surface area contributed by atoms with E-state index in [2.05, 4.69) is 34.9 Å². The van der Waals surface area contributed by atoms with Crippen molar-refractivity contribution in [2.45, 2.75) is 25.7 Å². The molecule has 3 heteroatoms.